The van der Waals surface area contributed by atoms with Gasteiger partial charge < -0.3 is 92.6 Å². The smallest absolute Gasteiger partial charge is 0.790 e. The molecule has 0 aromatic carbocycles. The normalized spacial score (nSPS) is 11.1. The van der Waals surface area contributed by atoms with Crippen molar-refractivity contribution in [3.63, 3.8) is 0 Å². The third-order valence-corrected chi connectivity index (χ3v) is 0. The molecule has 32 heteroatoms. The fourth-order valence-corrected chi connectivity index (χ4v) is 0. The molecule has 0 aliphatic heterocycles. The quantitative estimate of drug-likeness (QED) is 0.0870. The second kappa shape index (κ2) is 24.0. The molecule has 24 nitrogen and oxygen atoms in total. The number of hydrogen-bond donors (Lipinski definition) is 16. The minimum Gasteiger partial charge on any atom is -0.790 e. The Kier molecular flexibility index (Phi) is 41.5. The predicted octanol–water partition coefficient (Wildman–Crippen LogP) is -12.8. The van der Waals surface area contributed by atoms with E-state index in [4.69, 9.17) is 115 Å². The van der Waals surface area contributed by atoms with Crippen molar-refractivity contribution in [2.75, 3.05) is 0 Å². The first-order valence-electron chi connectivity index (χ1n) is 4.66. The fraction of sp³-hybridized carbons (Fsp3) is 0. The summed E-state index contributed by atoms with van der Waals surface area (Å²) >= 11 is 0. The van der Waals surface area contributed by atoms with Crippen molar-refractivity contribution in [3.05, 3.63) is 0 Å². The summed E-state index contributed by atoms with van der Waals surface area (Å²) in [4.78, 5) is 132. The van der Waals surface area contributed by atoms with E-state index in [0.717, 1.165) is 0 Å². The van der Waals surface area contributed by atoms with Crippen molar-refractivity contribution in [1.82, 2.24) is 0 Å². The molecule has 0 spiro atoms. The Morgan fingerprint density at radius 2 is 0.312 bits per heavy atom. The van der Waals surface area contributed by atoms with Crippen molar-refractivity contribution < 1.29 is 175 Å². The molecule has 0 aromatic heterocycles. The summed E-state index contributed by atoms with van der Waals surface area (Å²) in [6.07, 6.45) is 0. The van der Waals surface area contributed by atoms with Crippen LogP contribution in [0.1, 0.15) is 0 Å². The minimum atomic E-state index is -5.14. The van der Waals surface area contributed by atoms with Crippen LogP contribution in [0.15, 0.2) is 0 Å². The van der Waals surface area contributed by atoms with Gasteiger partial charge in [-0.15, -0.1) is 0 Å². The maximum absolute atomic E-state index is 8.88. The average molecular weight is 632 g/mol. The Morgan fingerprint density at radius 3 is 0.312 bits per heavy atom. The standard InChI is InChI=1S/2Na.6H3O4P/c;;6*1-5(2,3)4/h;;6*(H3,1,2,3,4)/q2*+1;;;;;;/p-2. The van der Waals surface area contributed by atoms with Gasteiger partial charge in [-0.1, -0.05) is 0 Å². The molecule has 0 atom stereocenters. The Labute approximate surface area is 220 Å². The van der Waals surface area contributed by atoms with Gasteiger partial charge in [0.05, 0.1) is 7.82 Å². The van der Waals surface area contributed by atoms with Crippen LogP contribution in [0.25, 0.3) is 0 Å². The van der Waals surface area contributed by atoms with Crippen LogP contribution in [0.3, 0.4) is 0 Å². The van der Waals surface area contributed by atoms with Crippen LogP contribution in [0, 0.1) is 0 Å². The first-order valence-corrected chi connectivity index (χ1v) is 14.0. The maximum Gasteiger partial charge on any atom is 1.00 e. The molecule has 0 heterocycles. The average Bonchev–Trinajstić information content (AvgIpc) is 1.94. The first-order chi connectivity index (χ1) is 12.0. The van der Waals surface area contributed by atoms with Gasteiger partial charge in [0.2, 0.25) is 0 Å². The molecular formula is H16Na2O24P6. The Balaban J connectivity index is -0.0000000356. The van der Waals surface area contributed by atoms with Gasteiger partial charge in [0.1, 0.15) is 0 Å². The zero-order valence-corrected chi connectivity index (χ0v) is 24.5. The van der Waals surface area contributed by atoms with Gasteiger partial charge in [-0.05, 0) is 0 Å². The predicted molar refractivity (Wildman–Crippen MR) is 81.1 cm³/mol. The van der Waals surface area contributed by atoms with E-state index in [1.54, 1.807) is 0 Å². The number of hydrogen-bond acceptors (Lipinski definition) is 8. The molecule has 0 saturated carbocycles. The molecule has 0 bridgehead atoms. The van der Waals surface area contributed by atoms with E-state index in [2.05, 4.69) is 0 Å². The molecule has 0 aliphatic rings. The van der Waals surface area contributed by atoms with Crippen molar-refractivity contribution in [3.8, 4) is 0 Å². The molecule has 0 saturated heterocycles. The van der Waals surface area contributed by atoms with Crippen LogP contribution >= 0.6 is 46.9 Å². The van der Waals surface area contributed by atoms with E-state index in [1.165, 1.54) is 0 Å². The number of phosphoric acid groups is 6. The van der Waals surface area contributed by atoms with Crippen LogP contribution in [0.4, 0.5) is 0 Å². The second-order valence-electron chi connectivity index (χ2n) is 3.03. The third kappa shape index (κ3) is 4630. The van der Waals surface area contributed by atoms with Crippen LogP contribution in [-0.4, -0.2) is 78.3 Å². The summed E-state index contributed by atoms with van der Waals surface area (Å²) in [6.45, 7) is 0. The van der Waals surface area contributed by atoms with Gasteiger partial charge >= 0.3 is 98.2 Å². The van der Waals surface area contributed by atoms with E-state index >= 15 is 0 Å². The van der Waals surface area contributed by atoms with E-state index < -0.39 is 46.9 Å². The largest absolute Gasteiger partial charge is 1.00 e. The van der Waals surface area contributed by atoms with Crippen LogP contribution in [-0.2, 0) is 27.4 Å². The topological polar surface area (TPSA) is 472 Å². The van der Waals surface area contributed by atoms with Gasteiger partial charge in [-0.3, -0.25) is 0 Å². The summed E-state index contributed by atoms with van der Waals surface area (Å²) in [7, 11) is -28.3. The van der Waals surface area contributed by atoms with Crippen LogP contribution in [0.5, 0.6) is 0 Å². The molecule has 0 fully saturated rings. The molecule has 0 radical (unpaired) electrons. The first kappa shape index (κ1) is 55.3. The summed E-state index contributed by atoms with van der Waals surface area (Å²) in [5.41, 5.74) is 0. The van der Waals surface area contributed by atoms with E-state index in [9.17, 15) is 0 Å². The number of rotatable bonds is 0. The zero-order chi connectivity index (χ0) is 27.0. The molecule has 0 amide bonds. The Hall–Kier alpha value is 2.66. The zero-order valence-electron chi connectivity index (χ0n) is 15.1. The molecule has 32 heavy (non-hydrogen) atoms. The maximum atomic E-state index is 8.88. The summed E-state index contributed by atoms with van der Waals surface area (Å²) in [6, 6.07) is 0. The van der Waals surface area contributed by atoms with Gasteiger partial charge in [0.15, 0.2) is 0 Å². The second-order valence-corrected chi connectivity index (χ2v) is 9.10. The van der Waals surface area contributed by atoms with Gasteiger partial charge in [-0.2, -0.15) is 0 Å². The molecule has 192 valence electrons. The van der Waals surface area contributed by atoms with Gasteiger partial charge in [0, 0.05) is 0 Å². The Bertz CT molecular complexity index is 465. The van der Waals surface area contributed by atoms with Crippen molar-refractivity contribution in [2.24, 2.45) is 0 Å². The van der Waals surface area contributed by atoms with Gasteiger partial charge in [0.25, 0.3) is 0 Å². The van der Waals surface area contributed by atoms with Crippen molar-refractivity contribution >= 4 is 46.9 Å². The molecule has 0 aliphatic carbocycles. The van der Waals surface area contributed by atoms with Gasteiger partial charge in [-0.25, -0.2) is 22.8 Å². The molecule has 0 aromatic rings. The summed E-state index contributed by atoms with van der Waals surface area (Å²) in [5.74, 6) is 0. The van der Waals surface area contributed by atoms with E-state index in [0.29, 0.717) is 0 Å². The molecule has 0 unspecified atom stereocenters. The van der Waals surface area contributed by atoms with Crippen molar-refractivity contribution in [2.45, 2.75) is 0 Å². The third-order valence-electron chi connectivity index (χ3n) is 0. The fourth-order valence-electron chi connectivity index (χ4n) is 0. The summed E-state index contributed by atoms with van der Waals surface area (Å²) in [5, 5.41) is 0. The molecule has 0 rings (SSSR count). The van der Waals surface area contributed by atoms with Crippen LogP contribution in [0.2, 0.25) is 0 Å². The minimum absolute atomic E-state index is 0. The van der Waals surface area contributed by atoms with Crippen molar-refractivity contribution in [1.29, 1.82) is 0 Å². The molecular weight excluding hydrogens is 616 g/mol. The van der Waals surface area contributed by atoms with E-state index in [1.807, 2.05) is 0 Å². The molecule has 16 N–H and O–H groups in total. The SMILES string of the molecule is O=P(O)(O)O.O=P(O)(O)O.O=P(O)(O)O.O=P(O)(O)O.O=P(O)(O)O.O=P([O-])([O-])O.[Na+].[Na+]. The summed E-state index contributed by atoms with van der Waals surface area (Å²) < 4.78 is 53.1. The van der Waals surface area contributed by atoms with Crippen LogP contribution < -0.4 is 68.9 Å². The van der Waals surface area contributed by atoms with E-state index in [-0.39, 0.29) is 59.1 Å². The monoisotopic (exact) mass is 632 g/mol. The Morgan fingerprint density at radius 1 is 0.312 bits per heavy atom.